The standard InChI is InChI=1S/C19H24N4O4/c24-16-14-27-22-18(16)19(25)21-7-2-5-11-26-17-12-15(6-8-20-17)13-23-9-3-1-4-10-23/h2,5-6,8,12,14,24H,1,3-4,7,9-11,13H2,(H,21,25). The lowest BCUT2D eigenvalue weighted by atomic mass is 10.1. The number of aromatic nitrogens is 2. The Labute approximate surface area is 157 Å². The van der Waals surface area contributed by atoms with Gasteiger partial charge in [-0.2, -0.15) is 0 Å². The zero-order valence-electron chi connectivity index (χ0n) is 15.1. The number of hydrogen-bond acceptors (Lipinski definition) is 7. The second-order valence-electron chi connectivity index (χ2n) is 6.38. The van der Waals surface area contributed by atoms with Crippen LogP contribution in [0.4, 0.5) is 0 Å². The van der Waals surface area contributed by atoms with Crippen molar-refractivity contribution < 1.29 is 19.2 Å². The van der Waals surface area contributed by atoms with Gasteiger partial charge in [-0.3, -0.25) is 9.69 Å². The van der Waals surface area contributed by atoms with Gasteiger partial charge in [0.1, 0.15) is 6.61 Å². The highest BCUT2D eigenvalue weighted by Gasteiger charge is 2.14. The second kappa shape index (κ2) is 9.72. The molecular formula is C19H24N4O4. The molecule has 0 saturated carbocycles. The molecule has 0 atom stereocenters. The van der Waals surface area contributed by atoms with Crippen molar-refractivity contribution in [3.63, 3.8) is 0 Å². The van der Waals surface area contributed by atoms with Gasteiger partial charge in [-0.05, 0) is 43.6 Å². The number of rotatable bonds is 8. The van der Waals surface area contributed by atoms with Crippen LogP contribution in [-0.2, 0) is 6.54 Å². The summed E-state index contributed by atoms with van der Waals surface area (Å²) in [5.41, 5.74) is 1.07. The Morgan fingerprint density at radius 2 is 2.19 bits per heavy atom. The first-order valence-corrected chi connectivity index (χ1v) is 9.09. The molecule has 0 aromatic carbocycles. The maximum Gasteiger partial charge on any atom is 0.277 e. The van der Waals surface area contributed by atoms with Gasteiger partial charge in [-0.1, -0.05) is 17.7 Å². The minimum atomic E-state index is -0.501. The van der Waals surface area contributed by atoms with Crippen molar-refractivity contribution in [1.29, 1.82) is 0 Å². The highest BCUT2D eigenvalue weighted by atomic mass is 16.5. The Morgan fingerprint density at radius 3 is 2.96 bits per heavy atom. The van der Waals surface area contributed by atoms with Gasteiger partial charge < -0.3 is 19.7 Å². The van der Waals surface area contributed by atoms with Crippen LogP contribution >= 0.6 is 0 Å². The van der Waals surface area contributed by atoms with Gasteiger partial charge in [0.2, 0.25) is 11.6 Å². The zero-order valence-corrected chi connectivity index (χ0v) is 15.1. The van der Waals surface area contributed by atoms with E-state index in [0.29, 0.717) is 12.5 Å². The summed E-state index contributed by atoms with van der Waals surface area (Å²) in [5, 5.41) is 15.4. The van der Waals surface area contributed by atoms with Gasteiger partial charge >= 0.3 is 0 Å². The van der Waals surface area contributed by atoms with Crippen LogP contribution in [0.15, 0.2) is 41.3 Å². The van der Waals surface area contributed by atoms with Crippen molar-refractivity contribution in [3.05, 3.63) is 48.0 Å². The molecule has 3 rings (SSSR count). The molecule has 0 unspecified atom stereocenters. The lowest BCUT2D eigenvalue weighted by Gasteiger charge is -2.26. The smallest absolute Gasteiger partial charge is 0.277 e. The highest BCUT2D eigenvalue weighted by molar-refractivity contribution is 5.94. The topological polar surface area (TPSA) is 101 Å². The number of carbonyl (C=O) groups excluding carboxylic acids is 1. The van der Waals surface area contributed by atoms with Crippen LogP contribution < -0.4 is 10.1 Å². The molecule has 8 nitrogen and oxygen atoms in total. The predicted molar refractivity (Wildman–Crippen MR) is 98.5 cm³/mol. The number of nitrogens with zero attached hydrogens (tertiary/aromatic N) is 3. The minimum Gasteiger partial charge on any atom is -0.503 e. The second-order valence-corrected chi connectivity index (χ2v) is 6.38. The molecule has 0 radical (unpaired) electrons. The summed E-state index contributed by atoms with van der Waals surface area (Å²) in [5.74, 6) is -0.195. The molecule has 1 fully saturated rings. The monoisotopic (exact) mass is 372 g/mol. The van der Waals surface area contributed by atoms with E-state index in [2.05, 4.69) is 24.9 Å². The number of ether oxygens (including phenoxy) is 1. The minimum absolute atomic E-state index is 0.130. The first kappa shape index (κ1) is 18.9. The van der Waals surface area contributed by atoms with E-state index in [-0.39, 0.29) is 18.0 Å². The molecule has 1 aliphatic rings. The molecular weight excluding hydrogens is 348 g/mol. The van der Waals surface area contributed by atoms with E-state index in [0.717, 1.165) is 25.9 Å². The number of pyridine rings is 1. The lowest BCUT2D eigenvalue weighted by Crippen LogP contribution is -2.29. The third-order valence-corrected chi connectivity index (χ3v) is 4.29. The molecule has 0 spiro atoms. The number of carbonyl (C=O) groups is 1. The summed E-state index contributed by atoms with van der Waals surface area (Å²) < 4.78 is 10.1. The van der Waals surface area contributed by atoms with E-state index >= 15 is 0 Å². The summed E-state index contributed by atoms with van der Waals surface area (Å²) in [4.78, 5) is 18.4. The number of aromatic hydroxyl groups is 1. The van der Waals surface area contributed by atoms with E-state index in [1.54, 1.807) is 18.3 Å². The van der Waals surface area contributed by atoms with Crippen LogP contribution in [-0.4, -0.2) is 52.3 Å². The van der Waals surface area contributed by atoms with Gasteiger partial charge in [0, 0.05) is 25.4 Å². The number of nitrogens with one attached hydrogen (secondary N) is 1. The Bertz CT molecular complexity index is 769. The molecule has 2 N–H and O–H groups in total. The zero-order chi connectivity index (χ0) is 18.9. The molecule has 2 aromatic rings. The Kier molecular flexibility index (Phi) is 6.81. The first-order valence-electron chi connectivity index (χ1n) is 9.09. The largest absolute Gasteiger partial charge is 0.503 e. The van der Waals surface area contributed by atoms with Crippen molar-refractivity contribution in [2.45, 2.75) is 25.8 Å². The van der Waals surface area contributed by atoms with E-state index in [1.165, 1.54) is 24.8 Å². The Balaban J connectivity index is 1.38. The van der Waals surface area contributed by atoms with Crippen LogP contribution in [0.5, 0.6) is 11.6 Å². The van der Waals surface area contributed by atoms with Crippen molar-refractivity contribution >= 4 is 5.91 Å². The van der Waals surface area contributed by atoms with E-state index in [1.807, 2.05) is 12.1 Å². The highest BCUT2D eigenvalue weighted by Crippen LogP contribution is 2.16. The molecule has 0 bridgehead atoms. The van der Waals surface area contributed by atoms with Crippen LogP contribution in [0.25, 0.3) is 0 Å². The average Bonchev–Trinajstić information content (AvgIpc) is 3.11. The van der Waals surface area contributed by atoms with Gasteiger partial charge in [0.05, 0.1) is 0 Å². The molecule has 1 aliphatic heterocycles. The Hall–Kier alpha value is -2.87. The van der Waals surface area contributed by atoms with Gasteiger partial charge in [0.25, 0.3) is 5.91 Å². The van der Waals surface area contributed by atoms with Crippen molar-refractivity contribution in [2.24, 2.45) is 0 Å². The third kappa shape index (κ3) is 5.82. The fourth-order valence-corrected chi connectivity index (χ4v) is 2.91. The molecule has 3 heterocycles. The van der Waals surface area contributed by atoms with Crippen molar-refractivity contribution in [1.82, 2.24) is 20.4 Å². The van der Waals surface area contributed by atoms with Gasteiger partial charge in [-0.15, -0.1) is 0 Å². The van der Waals surface area contributed by atoms with Crippen molar-refractivity contribution in [3.8, 4) is 11.6 Å². The third-order valence-electron chi connectivity index (χ3n) is 4.29. The Morgan fingerprint density at radius 1 is 1.33 bits per heavy atom. The van der Waals surface area contributed by atoms with Crippen LogP contribution in [0.2, 0.25) is 0 Å². The molecule has 2 aromatic heterocycles. The first-order chi connectivity index (χ1) is 13.2. The van der Waals surface area contributed by atoms with E-state index < -0.39 is 5.91 Å². The molecule has 0 aliphatic carbocycles. The van der Waals surface area contributed by atoms with E-state index in [4.69, 9.17) is 4.74 Å². The summed E-state index contributed by atoms with van der Waals surface area (Å²) >= 11 is 0. The fraction of sp³-hybridized carbons (Fsp3) is 0.421. The fourth-order valence-electron chi connectivity index (χ4n) is 2.91. The van der Waals surface area contributed by atoms with E-state index in [9.17, 15) is 9.90 Å². The van der Waals surface area contributed by atoms with Crippen LogP contribution in [0.1, 0.15) is 35.3 Å². The maximum atomic E-state index is 11.7. The quantitative estimate of drug-likeness (QED) is 0.685. The molecule has 1 amide bonds. The SMILES string of the molecule is O=C(NCC=CCOc1cc(CN2CCCCC2)ccn1)c1nocc1O. The van der Waals surface area contributed by atoms with Crippen LogP contribution in [0, 0.1) is 0 Å². The molecule has 1 saturated heterocycles. The number of hydrogen-bond donors (Lipinski definition) is 2. The summed E-state index contributed by atoms with van der Waals surface area (Å²) in [6.45, 7) is 3.87. The molecule has 144 valence electrons. The van der Waals surface area contributed by atoms with Crippen LogP contribution in [0.3, 0.4) is 0 Å². The lowest BCUT2D eigenvalue weighted by molar-refractivity contribution is 0.0946. The summed E-state index contributed by atoms with van der Waals surface area (Å²) in [6.07, 6.45) is 10.2. The maximum absolute atomic E-state index is 11.7. The number of likely N-dealkylation sites (tertiary alicyclic amines) is 1. The average molecular weight is 372 g/mol. The van der Waals surface area contributed by atoms with Gasteiger partial charge in [-0.25, -0.2) is 4.98 Å². The number of piperidine rings is 1. The van der Waals surface area contributed by atoms with Gasteiger partial charge in [0.15, 0.2) is 12.0 Å². The van der Waals surface area contributed by atoms with Crippen molar-refractivity contribution in [2.75, 3.05) is 26.2 Å². The molecule has 8 heteroatoms. The molecule has 27 heavy (non-hydrogen) atoms. The summed E-state index contributed by atoms with van der Waals surface area (Å²) in [7, 11) is 0. The number of amides is 1. The summed E-state index contributed by atoms with van der Waals surface area (Å²) in [6, 6.07) is 3.99. The predicted octanol–water partition coefficient (Wildman–Crippen LogP) is 2.13. The normalized spacial score (nSPS) is 15.1.